The molecule has 2 rings (SSSR count). The Labute approximate surface area is 167 Å². The molecule has 28 heavy (non-hydrogen) atoms. The second kappa shape index (κ2) is 9.71. The van der Waals surface area contributed by atoms with Crippen LogP contribution in [0.4, 0.5) is 0 Å². The predicted octanol–water partition coefficient (Wildman–Crippen LogP) is 3.09. The Hall–Kier alpha value is -2.38. The standard InChI is InChI=1S/C21H28N2O4S/c1-16(2)27-19-12-10-17(11-13-19)7-6-14-22-21(24)18-8-5-9-20(15-18)28(25,26)23(3)4/h5,8-13,15-16H,6-7,14H2,1-4H3,(H,22,24). The van der Waals surface area contributed by atoms with Crippen molar-refractivity contribution in [1.29, 1.82) is 0 Å². The Morgan fingerprint density at radius 1 is 1.11 bits per heavy atom. The normalized spacial score (nSPS) is 11.6. The van der Waals surface area contributed by atoms with E-state index in [0.29, 0.717) is 12.1 Å². The van der Waals surface area contributed by atoms with Crippen LogP contribution in [0.1, 0.15) is 36.2 Å². The lowest BCUT2D eigenvalue weighted by Gasteiger charge is -2.12. The first-order chi connectivity index (χ1) is 13.2. The van der Waals surface area contributed by atoms with E-state index in [-0.39, 0.29) is 16.9 Å². The van der Waals surface area contributed by atoms with Gasteiger partial charge in [0.05, 0.1) is 11.0 Å². The van der Waals surface area contributed by atoms with Gasteiger partial charge in [0, 0.05) is 26.2 Å². The predicted molar refractivity (Wildman–Crippen MR) is 110 cm³/mol. The maximum absolute atomic E-state index is 12.3. The lowest BCUT2D eigenvalue weighted by molar-refractivity contribution is 0.0953. The number of nitrogens with one attached hydrogen (secondary N) is 1. The van der Waals surface area contributed by atoms with Crippen molar-refractivity contribution < 1.29 is 17.9 Å². The summed E-state index contributed by atoms with van der Waals surface area (Å²) in [4.78, 5) is 12.4. The van der Waals surface area contributed by atoms with E-state index in [1.165, 1.54) is 31.8 Å². The van der Waals surface area contributed by atoms with Crippen LogP contribution in [0.15, 0.2) is 53.4 Å². The third-order valence-corrected chi connectivity index (χ3v) is 5.91. The van der Waals surface area contributed by atoms with E-state index in [2.05, 4.69) is 5.32 Å². The van der Waals surface area contributed by atoms with Gasteiger partial charge >= 0.3 is 0 Å². The maximum atomic E-state index is 12.3. The fraction of sp³-hybridized carbons (Fsp3) is 0.381. The van der Waals surface area contributed by atoms with Crippen LogP contribution in [0.3, 0.4) is 0 Å². The van der Waals surface area contributed by atoms with E-state index in [1.807, 2.05) is 38.1 Å². The number of ether oxygens (including phenoxy) is 1. The van der Waals surface area contributed by atoms with E-state index < -0.39 is 10.0 Å². The molecule has 0 aromatic heterocycles. The molecule has 7 heteroatoms. The molecule has 152 valence electrons. The maximum Gasteiger partial charge on any atom is 0.251 e. The molecule has 2 aromatic rings. The number of hydrogen-bond donors (Lipinski definition) is 1. The van der Waals surface area contributed by atoms with Gasteiger partial charge in [-0.3, -0.25) is 4.79 Å². The van der Waals surface area contributed by atoms with Gasteiger partial charge in [0.25, 0.3) is 5.91 Å². The number of carbonyl (C=O) groups excluding carboxylic acids is 1. The zero-order valence-corrected chi connectivity index (χ0v) is 17.6. The van der Waals surface area contributed by atoms with E-state index in [4.69, 9.17) is 4.74 Å². The molecule has 0 heterocycles. The summed E-state index contributed by atoms with van der Waals surface area (Å²) in [6.07, 6.45) is 1.76. The fourth-order valence-electron chi connectivity index (χ4n) is 2.61. The first-order valence-corrected chi connectivity index (χ1v) is 10.7. The lowest BCUT2D eigenvalue weighted by atomic mass is 10.1. The summed E-state index contributed by atoms with van der Waals surface area (Å²) in [5, 5.41) is 2.84. The highest BCUT2D eigenvalue weighted by atomic mass is 32.2. The smallest absolute Gasteiger partial charge is 0.251 e. The first-order valence-electron chi connectivity index (χ1n) is 9.26. The lowest BCUT2D eigenvalue weighted by Crippen LogP contribution is -2.26. The van der Waals surface area contributed by atoms with Crippen molar-refractivity contribution >= 4 is 15.9 Å². The van der Waals surface area contributed by atoms with Gasteiger partial charge in [-0.2, -0.15) is 0 Å². The van der Waals surface area contributed by atoms with Crippen molar-refractivity contribution in [2.45, 2.75) is 37.7 Å². The van der Waals surface area contributed by atoms with Crippen molar-refractivity contribution in [3.8, 4) is 5.75 Å². The zero-order valence-electron chi connectivity index (χ0n) is 16.8. The van der Waals surface area contributed by atoms with Crippen LogP contribution in [0.5, 0.6) is 5.75 Å². The average Bonchev–Trinajstić information content (AvgIpc) is 2.66. The van der Waals surface area contributed by atoms with Gasteiger partial charge in [0.15, 0.2) is 0 Å². The van der Waals surface area contributed by atoms with Gasteiger partial charge in [0.1, 0.15) is 5.75 Å². The summed E-state index contributed by atoms with van der Waals surface area (Å²) >= 11 is 0. The van der Waals surface area contributed by atoms with E-state index >= 15 is 0 Å². The van der Waals surface area contributed by atoms with Crippen LogP contribution < -0.4 is 10.1 Å². The summed E-state index contributed by atoms with van der Waals surface area (Å²) in [7, 11) is -0.639. The molecule has 0 spiro atoms. The molecule has 2 aromatic carbocycles. The minimum absolute atomic E-state index is 0.105. The number of rotatable bonds is 9. The van der Waals surface area contributed by atoms with Crippen LogP contribution in [-0.4, -0.2) is 45.4 Å². The minimum atomic E-state index is -3.56. The topological polar surface area (TPSA) is 75.7 Å². The van der Waals surface area contributed by atoms with Crippen LogP contribution in [-0.2, 0) is 16.4 Å². The highest BCUT2D eigenvalue weighted by Gasteiger charge is 2.18. The van der Waals surface area contributed by atoms with Crippen LogP contribution in [0.25, 0.3) is 0 Å². The summed E-state index contributed by atoms with van der Waals surface area (Å²) in [6, 6.07) is 14.0. The second-order valence-corrected chi connectivity index (χ2v) is 9.14. The Balaban J connectivity index is 1.86. The second-order valence-electron chi connectivity index (χ2n) is 6.99. The molecule has 1 N–H and O–H groups in total. The number of aryl methyl sites for hydroxylation is 1. The van der Waals surface area contributed by atoms with Gasteiger partial charge in [-0.25, -0.2) is 12.7 Å². The highest BCUT2D eigenvalue weighted by Crippen LogP contribution is 2.16. The third kappa shape index (κ3) is 6.07. The zero-order chi connectivity index (χ0) is 20.7. The van der Waals surface area contributed by atoms with E-state index in [0.717, 1.165) is 22.9 Å². The van der Waals surface area contributed by atoms with Gasteiger partial charge in [-0.05, 0) is 62.6 Å². The number of nitrogens with zero attached hydrogens (tertiary/aromatic N) is 1. The molecular formula is C21H28N2O4S. The SMILES string of the molecule is CC(C)Oc1ccc(CCCNC(=O)c2cccc(S(=O)(=O)N(C)C)c2)cc1. The van der Waals surface area contributed by atoms with E-state index in [1.54, 1.807) is 12.1 Å². The highest BCUT2D eigenvalue weighted by molar-refractivity contribution is 7.89. The molecule has 1 amide bonds. The molecule has 0 aliphatic rings. The molecule has 0 radical (unpaired) electrons. The number of hydrogen-bond acceptors (Lipinski definition) is 4. The molecule has 0 aliphatic heterocycles. The molecule has 0 saturated heterocycles. The van der Waals surface area contributed by atoms with Crippen molar-refractivity contribution in [2.75, 3.05) is 20.6 Å². The van der Waals surface area contributed by atoms with Crippen molar-refractivity contribution in [2.24, 2.45) is 0 Å². The van der Waals surface area contributed by atoms with Crippen molar-refractivity contribution in [1.82, 2.24) is 9.62 Å². The third-order valence-electron chi connectivity index (χ3n) is 4.10. The summed E-state index contributed by atoms with van der Waals surface area (Å²) in [5.74, 6) is 0.566. The quantitative estimate of drug-likeness (QED) is 0.652. The molecule has 0 atom stereocenters. The average molecular weight is 405 g/mol. The number of amides is 1. The summed E-state index contributed by atoms with van der Waals surface area (Å²) in [6.45, 7) is 4.48. The van der Waals surface area contributed by atoms with Crippen LogP contribution >= 0.6 is 0 Å². The monoisotopic (exact) mass is 404 g/mol. The van der Waals surface area contributed by atoms with Gasteiger partial charge < -0.3 is 10.1 Å². The molecule has 0 fully saturated rings. The van der Waals surface area contributed by atoms with Crippen LogP contribution in [0.2, 0.25) is 0 Å². The Bertz CT molecular complexity index is 891. The summed E-state index contributed by atoms with van der Waals surface area (Å²) < 4.78 is 31.1. The molecule has 0 aliphatic carbocycles. The number of sulfonamides is 1. The Morgan fingerprint density at radius 2 is 1.79 bits per heavy atom. The molecule has 0 saturated carbocycles. The molecular weight excluding hydrogens is 376 g/mol. The molecule has 0 bridgehead atoms. The fourth-order valence-corrected chi connectivity index (χ4v) is 3.56. The largest absolute Gasteiger partial charge is 0.491 e. The van der Waals surface area contributed by atoms with E-state index in [9.17, 15) is 13.2 Å². The molecule has 6 nitrogen and oxygen atoms in total. The number of benzene rings is 2. The van der Waals surface area contributed by atoms with Gasteiger partial charge in [-0.1, -0.05) is 18.2 Å². The van der Waals surface area contributed by atoms with Crippen molar-refractivity contribution in [3.63, 3.8) is 0 Å². The summed E-state index contributed by atoms with van der Waals surface area (Å²) in [5.41, 5.74) is 1.50. The van der Waals surface area contributed by atoms with Crippen LogP contribution in [0, 0.1) is 0 Å². The Kier molecular flexibility index (Phi) is 7.60. The minimum Gasteiger partial charge on any atom is -0.491 e. The first kappa shape index (κ1) is 21.9. The van der Waals surface area contributed by atoms with Gasteiger partial charge in [-0.15, -0.1) is 0 Å². The Morgan fingerprint density at radius 3 is 2.39 bits per heavy atom. The van der Waals surface area contributed by atoms with Crippen molar-refractivity contribution in [3.05, 3.63) is 59.7 Å². The number of carbonyl (C=O) groups is 1. The van der Waals surface area contributed by atoms with Gasteiger partial charge in [0.2, 0.25) is 10.0 Å². The molecule has 0 unspecified atom stereocenters.